The van der Waals surface area contributed by atoms with E-state index in [2.05, 4.69) is 47.9 Å². The summed E-state index contributed by atoms with van der Waals surface area (Å²) < 4.78 is 0. The smallest absolute Gasteiger partial charge is 0.169 e. The molecule has 0 saturated carbocycles. The van der Waals surface area contributed by atoms with E-state index >= 15 is 0 Å². The molecule has 0 aromatic carbocycles. The molecule has 0 bridgehead atoms. The first-order valence-corrected chi connectivity index (χ1v) is 7.82. The predicted molar refractivity (Wildman–Crippen MR) is 86.8 cm³/mol. The number of aromatic nitrogens is 2. The summed E-state index contributed by atoms with van der Waals surface area (Å²) in [7, 11) is 0. The number of nitrogens with zero attached hydrogens (tertiary/aromatic N) is 2. The zero-order chi connectivity index (χ0) is 14.8. The maximum absolute atomic E-state index is 5.55. The van der Waals surface area contributed by atoms with Crippen LogP contribution in [0.3, 0.4) is 0 Å². The number of imidazole rings is 1. The third kappa shape index (κ3) is 3.72. The summed E-state index contributed by atoms with van der Waals surface area (Å²) >= 11 is 5.55. The second-order valence-corrected chi connectivity index (χ2v) is 7.19. The topological polar surface area (TPSA) is 44.0 Å². The van der Waals surface area contributed by atoms with Crippen LogP contribution in [-0.2, 0) is 0 Å². The Labute approximate surface area is 127 Å². The van der Waals surface area contributed by atoms with Crippen LogP contribution in [0.4, 0.5) is 0 Å². The minimum Gasteiger partial charge on any atom is -0.360 e. The maximum Gasteiger partial charge on any atom is 0.169 e. The molecule has 2 N–H and O–H groups in total. The Kier molecular flexibility index (Phi) is 4.68. The lowest BCUT2D eigenvalue weighted by Crippen LogP contribution is -2.50. The van der Waals surface area contributed by atoms with Crippen LogP contribution in [0.5, 0.6) is 0 Å². The van der Waals surface area contributed by atoms with E-state index in [1.54, 1.807) is 6.33 Å². The van der Waals surface area contributed by atoms with Crippen molar-refractivity contribution in [3.8, 4) is 0 Å². The summed E-state index contributed by atoms with van der Waals surface area (Å²) in [6.07, 6.45) is 5.97. The molecule has 2 rings (SSSR count). The molecular weight excluding hydrogens is 268 g/mol. The lowest BCUT2D eigenvalue weighted by atomic mass is 9.88. The van der Waals surface area contributed by atoms with Gasteiger partial charge in [-0.3, -0.25) is 0 Å². The third-order valence-corrected chi connectivity index (χ3v) is 4.76. The highest BCUT2D eigenvalue weighted by molar-refractivity contribution is 7.80. The summed E-state index contributed by atoms with van der Waals surface area (Å²) in [5.74, 6) is 0.594. The molecule has 1 saturated heterocycles. The SMILES string of the molecule is CC(NC(=S)N1CCC(c2cnc[nH]2)CC1)C(C)(C)C. The molecule has 1 aliphatic heterocycles. The molecule has 1 unspecified atom stereocenters. The van der Waals surface area contributed by atoms with Crippen molar-refractivity contribution in [3.63, 3.8) is 0 Å². The number of hydrogen-bond donors (Lipinski definition) is 2. The van der Waals surface area contributed by atoms with Crippen LogP contribution in [0.1, 0.15) is 52.1 Å². The molecular formula is C15H26N4S. The van der Waals surface area contributed by atoms with Gasteiger partial charge >= 0.3 is 0 Å². The van der Waals surface area contributed by atoms with Gasteiger partial charge in [0.15, 0.2) is 5.11 Å². The first kappa shape index (κ1) is 15.3. The lowest BCUT2D eigenvalue weighted by Gasteiger charge is -2.37. The van der Waals surface area contributed by atoms with Gasteiger partial charge < -0.3 is 15.2 Å². The molecule has 0 radical (unpaired) electrons. The van der Waals surface area contributed by atoms with Gasteiger partial charge in [-0.1, -0.05) is 20.8 Å². The molecule has 1 aromatic rings. The Balaban J connectivity index is 1.83. The summed E-state index contributed by atoms with van der Waals surface area (Å²) in [6, 6.07) is 0.375. The van der Waals surface area contributed by atoms with Gasteiger partial charge in [-0.05, 0) is 37.4 Å². The fraction of sp³-hybridized carbons (Fsp3) is 0.733. The normalized spacial score (nSPS) is 18.9. The largest absolute Gasteiger partial charge is 0.360 e. The Hall–Kier alpha value is -1.10. The minimum absolute atomic E-state index is 0.221. The standard InChI is InChI=1S/C15H26N4S/c1-11(15(2,3)4)18-14(20)19-7-5-12(6-8-19)13-9-16-10-17-13/h9-12H,5-8H2,1-4H3,(H,16,17)(H,18,20). The monoisotopic (exact) mass is 294 g/mol. The summed E-state index contributed by atoms with van der Waals surface area (Å²) in [6.45, 7) is 10.9. The van der Waals surface area contributed by atoms with Crippen LogP contribution in [0.2, 0.25) is 0 Å². The first-order valence-electron chi connectivity index (χ1n) is 7.41. The highest BCUT2D eigenvalue weighted by atomic mass is 32.1. The van der Waals surface area contributed by atoms with E-state index in [0.29, 0.717) is 12.0 Å². The van der Waals surface area contributed by atoms with Gasteiger partial charge in [0.2, 0.25) is 0 Å². The van der Waals surface area contributed by atoms with Crippen molar-refractivity contribution in [2.24, 2.45) is 5.41 Å². The van der Waals surface area contributed by atoms with E-state index in [0.717, 1.165) is 31.0 Å². The molecule has 20 heavy (non-hydrogen) atoms. The number of hydrogen-bond acceptors (Lipinski definition) is 2. The second-order valence-electron chi connectivity index (χ2n) is 6.81. The van der Waals surface area contributed by atoms with Gasteiger partial charge in [-0.2, -0.15) is 0 Å². The van der Waals surface area contributed by atoms with Crippen LogP contribution in [-0.4, -0.2) is 39.1 Å². The molecule has 0 aliphatic carbocycles. The van der Waals surface area contributed by atoms with Gasteiger partial charge in [-0.25, -0.2) is 4.98 Å². The number of aromatic amines is 1. The van der Waals surface area contributed by atoms with Crippen LogP contribution >= 0.6 is 12.2 Å². The van der Waals surface area contributed by atoms with Crippen molar-refractivity contribution in [1.82, 2.24) is 20.2 Å². The third-order valence-electron chi connectivity index (χ3n) is 4.38. The average molecular weight is 294 g/mol. The number of thiocarbonyl (C=S) groups is 1. The van der Waals surface area contributed by atoms with Gasteiger partial charge in [-0.15, -0.1) is 0 Å². The Morgan fingerprint density at radius 3 is 2.60 bits per heavy atom. The average Bonchev–Trinajstić information content (AvgIpc) is 2.91. The first-order chi connectivity index (χ1) is 9.38. The van der Waals surface area contributed by atoms with Crippen molar-refractivity contribution in [2.75, 3.05) is 13.1 Å². The van der Waals surface area contributed by atoms with Crippen LogP contribution in [0.15, 0.2) is 12.5 Å². The van der Waals surface area contributed by atoms with Crippen molar-refractivity contribution in [1.29, 1.82) is 0 Å². The molecule has 1 aliphatic rings. The number of nitrogens with one attached hydrogen (secondary N) is 2. The molecule has 1 aromatic heterocycles. The second kappa shape index (κ2) is 6.12. The van der Waals surface area contributed by atoms with Crippen molar-refractivity contribution in [2.45, 2.75) is 52.5 Å². The number of rotatable bonds is 2. The highest BCUT2D eigenvalue weighted by Gasteiger charge is 2.26. The van der Waals surface area contributed by atoms with E-state index in [-0.39, 0.29) is 5.41 Å². The van der Waals surface area contributed by atoms with Crippen LogP contribution in [0.25, 0.3) is 0 Å². The van der Waals surface area contributed by atoms with Gasteiger partial charge in [0.25, 0.3) is 0 Å². The number of H-pyrrole nitrogens is 1. The Bertz CT molecular complexity index is 427. The Morgan fingerprint density at radius 1 is 1.45 bits per heavy atom. The molecule has 4 nitrogen and oxygen atoms in total. The molecule has 0 spiro atoms. The van der Waals surface area contributed by atoms with E-state index in [1.807, 2.05) is 6.20 Å². The molecule has 1 fully saturated rings. The fourth-order valence-corrected chi connectivity index (χ4v) is 2.74. The summed E-state index contributed by atoms with van der Waals surface area (Å²) in [5, 5.41) is 4.37. The van der Waals surface area contributed by atoms with E-state index in [9.17, 15) is 0 Å². The quantitative estimate of drug-likeness (QED) is 0.823. The van der Waals surface area contributed by atoms with Crippen LogP contribution < -0.4 is 5.32 Å². The minimum atomic E-state index is 0.221. The molecule has 112 valence electrons. The highest BCUT2D eigenvalue weighted by Crippen LogP contribution is 2.26. The summed E-state index contributed by atoms with van der Waals surface area (Å²) in [5.41, 5.74) is 1.48. The number of likely N-dealkylation sites (tertiary alicyclic amines) is 1. The number of piperidine rings is 1. The lowest BCUT2D eigenvalue weighted by molar-refractivity contribution is 0.278. The van der Waals surface area contributed by atoms with E-state index < -0.39 is 0 Å². The van der Waals surface area contributed by atoms with Crippen LogP contribution in [0, 0.1) is 5.41 Å². The molecule has 5 heteroatoms. The molecule has 2 heterocycles. The van der Waals surface area contributed by atoms with Crippen molar-refractivity contribution < 1.29 is 0 Å². The Morgan fingerprint density at radius 2 is 2.10 bits per heavy atom. The maximum atomic E-state index is 5.55. The summed E-state index contributed by atoms with van der Waals surface area (Å²) in [4.78, 5) is 9.63. The van der Waals surface area contributed by atoms with Gasteiger partial charge in [0.05, 0.1) is 6.33 Å². The van der Waals surface area contributed by atoms with E-state index in [4.69, 9.17) is 12.2 Å². The van der Waals surface area contributed by atoms with Crippen molar-refractivity contribution in [3.05, 3.63) is 18.2 Å². The van der Waals surface area contributed by atoms with Gasteiger partial charge in [0, 0.05) is 36.9 Å². The molecule has 0 amide bonds. The predicted octanol–water partition coefficient (Wildman–Crippen LogP) is 2.90. The zero-order valence-corrected chi connectivity index (χ0v) is 13.8. The fourth-order valence-electron chi connectivity index (χ4n) is 2.38. The zero-order valence-electron chi connectivity index (χ0n) is 12.9. The van der Waals surface area contributed by atoms with Crippen molar-refractivity contribution >= 4 is 17.3 Å². The van der Waals surface area contributed by atoms with Gasteiger partial charge in [0.1, 0.15) is 0 Å². The van der Waals surface area contributed by atoms with E-state index in [1.165, 1.54) is 5.69 Å². The molecule has 1 atom stereocenters.